The molecule has 0 atom stereocenters. The van der Waals surface area contributed by atoms with Gasteiger partial charge in [-0.05, 0) is 6.07 Å². The second kappa shape index (κ2) is 2.91. The Balaban J connectivity index is 2.35. The van der Waals surface area contributed by atoms with Crippen LogP contribution in [0.3, 0.4) is 0 Å². The average molecular weight is 139 g/mol. The first kappa shape index (κ1) is 6.67. The zero-order valence-electron chi connectivity index (χ0n) is 5.42. The van der Waals surface area contributed by atoms with Gasteiger partial charge in [0.25, 0.3) is 0 Å². The van der Waals surface area contributed by atoms with Gasteiger partial charge in [-0.2, -0.15) is 0 Å². The van der Waals surface area contributed by atoms with E-state index < -0.39 is 0 Å². The van der Waals surface area contributed by atoms with Crippen LogP contribution >= 0.6 is 0 Å². The number of nitrogens with two attached hydrogens (primary N) is 1. The van der Waals surface area contributed by atoms with Crippen LogP contribution in [-0.2, 0) is 4.79 Å². The molecule has 0 saturated heterocycles. The van der Waals surface area contributed by atoms with Crippen molar-refractivity contribution in [1.82, 2.24) is 4.98 Å². The van der Waals surface area contributed by atoms with Gasteiger partial charge in [0, 0.05) is 12.4 Å². The third-order valence-corrected chi connectivity index (χ3v) is 1.06. The molecule has 0 aromatic carbocycles. The molecule has 0 fully saturated rings. The van der Waals surface area contributed by atoms with Crippen LogP contribution in [0.4, 0.5) is 5.69 Å². The number of aromatic nitrogens is 1. The molecule has 0 aliphatic rings. The minimum absolute atomic E-state index is 0.178. The lowest BCUT2D eigenvalue weighted by Crippen LogP contribution is -2.21. The fraction of sp³-hybridized carbons (Fsp3) is 0.167. The van der Waals surface area contributed by atoms with E-state index in [-0.39, 0.29) is 12.5 Å². The van der Waals surface area contributed by atoms with E-state index in [9.17, 15) is 4.79 Å². The number of hydrogen-bond acceptors (Lipinski definition) is 2. The van der Waals surface area contributed by atoms with Crippen molar-refractivity contribution in [2.24, 2.45) is 5.73 Å². The number of hydrogen-bond donors (Lipinski definition) is 3. The molecular weight excluding hydrogens is 130 g/mol. The van der Waals surface area contributed by atoms with Gasteiger partial charge in [-0.25, -0.2) is 0 Å². The molecular formula is C6H9N3O. The Bertz CT molecular complexity index is 205. The normalized spacial score (nSPS) is 9.20. The maximum absolute atomic E-state index is 10.2. The number of aromatic amines is 1. The van der Waals surface area contributed by atoms with E-state index >= 15 is 0 Å². The summed E-state index contributed by atoms with van der Waals surface area (Å²) >= 11 is 0. The monoisotopic (exact) mass is 139 g/mol. The molecule has 4 nitrogen and oxygen atoms in total. The molecule has 4 heteroatoms. The first-order chi connectivity index (χ1) is 4.79. The predicted octanol–water partition coefficient (Wildman–Crippen LogP) is -0.0881. The van der Waals surface area contributed by atoms with E-state index in [1.165, 1.54) is 0 Å². The van der Waals surface area contributed by atoms with Crippen molar-refractivity contribution >= 4 is 11.6 Å². The van der Waals surface area contributed by atoms with Crippen molar-refractivity contribution in [3.63, 3.8) is 0 Å². The highest BCUT2D eigenvalue weighted by Gasteiger charge is 1.92. The van der Waals surface area contributed by atoms with Crippen LogP contribution < -0.4 is 11.1 Å². The zero-order chi connectivity index (χ0) is 7.40. The first-order valence-corrected chi connectivity index (χ1v) is 2.94. The lowest BCUT2D eigenvalue weighted by atomic mass is 10.5. The van der Waals surface area contributed by atoms with Gasteiger partial charge >= 0.3 is 0 Å². The molecule has 1 aromatic rings. The van der Waals surface area contributed by atoms with Crippen LogP contribution in [0.1, 0.15) is 0 Å². The molecule has 0 bridgehead atoms. The average Bonchev–Trinajstić information content (AvgIpc) is 2.34. The standard InChI is InChI=1S/C6H9N3O/c7-6(10)4-9-5-1-2-8-3-5/h1-3,8-9H,4H2,(H2,7,10). The molecule has 1 aromatic heterocycles. The van der Waals surface area contributed by atoms with E-state index in [0.717, 1.165) is 5.69 Å². The molecule has 0 saturated carbocycles. The molecule has 0 aliphatic heterocycles. The maximum Gasteiger partial charge on any atom is 0.236 e. The van der Waals surface area contributed by atoms with Crippen molar-refractivity contribution < 1.29 is 4.79 Å². The number of primary amides is 1. The quantitative estimate of drug-likeness (QED) is 0.547. The third-order valence-electron chi connectivity index (χ3n) is 1.06. The first-order valence-electron chi connectivity index (χ1n) is 2.94. The van der Waals surface area contributed by atoms with Crippen LogP contribution in [0.25, 0.3) is 0 Å². The summed E-state index contributed by atoms with van der Waals surface area (Å²) in [6.45, 7) is 0.178. The molecule has 0 unspecified atom stereocenters. The Kier molecular flexibility index (Phi) is 1.94. The number of anilines is 1. The fourth-order valence-corrected chi connectivity index (χ4v) is 0.623. The molecule has 10 heavy (non-hydrogen) atoms. The van der Waals surface area contributed by atoms with Crippen molar-refractivity contribution in [2.45, 2.75) is 0 Å². The molecule has 0 radical (unpaired) electrons. The summed E-state index contributed by atoms with van der Waals surface area (Å²) in [5.41, 5.74) is 5.77. The Morgan fingerprint density at radius 1 is 1.80 bits per heavy atom. The van der Waals surface area contributed by atoms with Crippen molar-refractivity contribution in [3.8, 4) is 0 Å². The van der Waals surface area contributed by atoms with E-state index in [2.05, 4.69) is 10.3 Å². The number of H-pyrrole nitrogens is 1. The van der Waals surface area contributed by atoms with E-state index in [1.807, 2.05) is 6.07 Å². The maximum atomic E-state index is 10.2. The molecule has 54 valence electrons. The lowest BCUT2D eigenvalue weighted by molar-refractivity contribution is -0.116. The Morgan fingerprint density at radius 2 is 2.60 bits per heavy atom. The summed E-state index contributed by atoms with van der Waals surface area (Å²) in [4.78, 5) is 13.1. The van der Waals surface area contributed by atoms with Crippen molar-refractivity contribution in [2.75, 3.05) is 11.9 Å². The highest BCUT2D eigenvalue weighted by Crippen LogP contribution is 2.01. The number of nitrogens with one attached hydrogen (secondary N) is 2. The van der Waals surface area contributed by atoms with Crippen molar-refractivity contribution in [1.29, 1.82) is 0 Å². The van der Waals surface area contributed by atoms with Gasteiger partial charge in [-0.3, -0.25) is 4.79 Å². The summed E-state index contributed by atoms with van der Waals surface area (Å²) in [5, 5.41) is 2.82. The second-order valence-electron chi connectivity index (χ2n) is 1.92. The SMILES string of the molecule is NC(=O)CNc1cc[nH]c1. The fourth-order valence-electron chi connectivity index (χ4n) is 0.623. The molecule has 4 N–H and O–H groups in total. The smallest absolute Gasteiger partial charge is 0.236 e. The molecule has 1 amide bonds. The van der Waals surface area contributed by atoms with Gasteiger partial charge in [0.2, 0.25) is 5.91 Å². The van der Waals surface area contributed by atoms with Crippen LogP contribution in [-0.4, -0.2) is 17.4 Å². The summed E-state index contributed by atoms with van der Waals surface area (Å²) in [5.74, 6) is -0.360. The van der Waals surface area contributed by atoms with Crippen LogP contribution in [0.15, 0.2) is 18.5 Å². The molecule has 0 spiro atoms. The summed E-state index contributed by atoms with van der Waals surface area (Å²) in [6.07, 6.45) is 3.52. The minimum atomic E-state index is -0.360. The Hall–Kier alpha value is -1.45. The lowest BCUT2D eigenvalue weighted by Gasteiger charge is -1.96. The number of carbonyl (C=O) groups is 1. The van der Waals surface area contributed by atoms with Gasteiger partial charge in [0.15, 0.2) is 0 Å². The zero-order valence-corrected chi connectivity index (χ0v) is 5.42. The summed E-state index contributed by atoms with van der Waals surface area (Å²) in [6, 6.07) is 1.82. The Morgan fingerprint density at radius 3 is 3.10 bits per heavy atom. The molecule has 1 heterocycles. The number of amides is 1. The third kappa shape index (κ3) is 1.81. The van der Waals surface area contributed by atoms with Gasteiger partial charge in [0.1, 0.15) is 0 Å². The number of carbonyl (C=O) groups excluding carboxylic acids is 1. The topological polar surface area (TPSA) is 70.9 Å². The number of rotatable bonds is 3. The summed E-state index contributed by atoms with van der Waals surface area (Å²) < 4.78 is 0. The van der Waals surface area contributed by atoms with E-state index in [1.54, 1.807) is 12.4 Å². The molecule has 1 rings (SSSR count). The highest BCUT2D eigenvalue weighted by molar-refractivity contribution is 5.78. The van der Waals surface area contributed by atoms with Crippen LogP contribution in [0, 0.1) is 0 Å². The molecule has 0 aliphatic carbocycles. The summed E-state index contributed by atoms with van der Waals surface area (Å²) in [7, 11) is 0. The van der Waals surface area contributed by atoms with E-state index in [4.69, 9.17) is 5.73 Å². The second-order valence-corrected chi connectivity index (χ2v) is 1.92. The minimum Gasteiger partial charge on any atom is -0.375 e. The van der Waals surface area contributed by atoms with Gasteiger partial charge in [-0.1, -0.05) is 0 Å². The predicted molar refractivity (Wildman–Crippen MR) is 38.5 cm³/mol. The van der Waals surface area contributed by atoms with Crippen molar-refractivity contribution in [3.05, 3.63) is 18.5 Å². The highest BCUT2D eigenvalue weighted by atomic mass is 16.1. The van der Waals surface area contributed by atoms with Gasteiger partial charge in [0.05, 0.1) is 12.2 Å². The largest absolute Gasteiger partial charge is 0.375 e. The van der Waals surface area contributed by atoms with Gasteiger partial charge < -0.3 is 16.0 Å². The van der Waals surface area contributed by atoms with Crippen LogP contribution in [0.2, 0.25) is 0 Å². The van der Waals surface area contributed by atoms with Gasteiger partial charge in [-0.15, -0.1) is 0 Å². The van der Waals surface area contributed by atoms with E-state index in [0.29, 0.717) is 0 Å². The van der Waals surface area contributed by atoms with Crippen LogP contribution in [0.5, 0.6) is 0 Å². The Labute approximate surface area is 58.4 Å².